The monoisotopic (exact) mass is 144 g/mol. The number of nitrogens with one attached hydrogen (secondary N) is 1. The van der Waals surface area contributed by atoms with Crippen LogP contribution in [0, 0.1) is 0 Å². The van der Waals surface area contributed by atoms with Crippen LogP contribution in [0.25, 0.3) is 0 Å². The summed E-state index contributed by atoms with van der Waals surface area (Å²) in [5.74, 6) is -0.983. The summed E-state index contributed by atoms with van der Waals surface area (Å²) < 4.78 is 0. The molecule has 2 N–H and O–H groups in total. The van der Waals surface area contributed by atoms with Crippen molar-refractivity contribution >= 4 is 11.7 Å². The van der Waals surface area contributed by atoms with Gasteiger partial charge in [0.1, 0.15) is 5.71 Å². The fraction of sp³-hybridized carbons (Fsp3) is 0.667. The highest BCUT2D eigenvalue weighted by Crippen LogP contribution is 1.75. The normalized spacial score (nSPS) is 11.2. The molecular weight excluding hydrogens is 132 g/mol. The highest BCUT2D eigenvalue weighted by atomic mass is 16.4. The number of aliphatic carboxylic acids is 1. The second-order valence-corrected chi connectivity index (χ2v) is 1.91. The largest absolute Gasteiger partial charge is 0.477 e. The summed E-state index contributed by atoms with van der Waals surface area (Å²) in [4.78, 5) is 10.1. The number of hydrazone groups is 1. The van der Waals surface area contributed by atoms with Crippen molar-refractivity contribution in [2.45, 2.75) is 20.3 Å². The predicted octanol–water partition coefficient (Wildman–Crippen LogP) is 0.446. The molecule has 0 fully saturated rings. The maximum atomic E-state index is 10.1. The third-order valence-corrected chi connectivity index (χ3v) is 0.918. The molecule has 58 valence electrons. The van der Waals surface area contributed by atoms with Crippen LogP contribution in [0.2, 0.25) is 0 Å². The van der Waals surface area contributed by atoms with E-state index in [2.05, 4.69) is 10.5 Å². The van der Waals surface area contributed by atoms with E-state index in [1.165, 1.54) is 6.92 Å². The Labute approximate surface area is 59.9 Å². The Bertz CT molecular complexity index is 143. The summed E-state index contributed by atoms with van der Waals surface area (Å²) in [6.07, 6.45) is 0.941. The Morgan fingerprint density at radius 1 is 1.70 bits per heavy atom. The summed E-state index contributed by atoms with van der Waals surface area (Å²) in [6, 6.07) is 0. The number of carbonyl (C=O) groups is 1. The van der Waals surface area contributed by atoms with Gasteiger partial charge in [0.25, 0.3) is 0 Å². The summed E-state index contributed by atoms with van der Waals surface area (Å²) in [7, 11) is 0. The van der Waals surface area contributed by atoms with E-state index < -0.39 is 5.97 Å². The van der Waals surface area contributed by atoms with Crippen LogP contribution in [-0.2, 0) is 4.79 Å². The van der Waals surface area contributed by atoms with Crippen molar-refractivity contribution in [1.82, 2.24) is 5.43 Å². The summed E-state index contributed by atoms with van der Waals surface area (Å²) in [5.41, 5.74) is 2.71. The lowest BCUT2D eigenvalue weighted by molar-refractivity contribution is -0.129. The lowest BCUT2D eigenvalue weighted by atomic mass is 10.4. The molecule has 0 aromatic carbocycles. The van der Waals surface area contributed by atoms with E-state index in [-0.39, 0.29) is 5.71 Å². The van der Waals surface area contributed by atoms with Crippen molar-refractivity contribution in [2.75, 3.05) is 6.54 Å². The molecule has 4 nitrogen and oxygen atoms in total. The first-order valence-corrected chi connectivity index (χ1v) is 3.19. The first kappa shape index (κ1) is 8.94. The summed E-state index contributed by atoms with van der Waals surface area (Å²) >= 11 is 0. The third-order valence-electron chi connectivity index (χ3n) is 0.918. The zero-order valence-corrected chi connectivity index (χ0v) is 6.22. The molecule has 4 heteroatoms. The molecule has 0 saturated heterocycles. The minimum absolute atomic E-state index is 0.0912. The number of nitrogens with zero attached hydrogens (tertiary/aromatic N) is 1. The highest BCUT2D eigenvalue weighted by Gasteiger charge is 1.98. The Kier molecular flexibility index (Phi) is 4.28. The summed E-state index contributed by atoms with van der Waals surface area (Å²) in [5, 5.41) is 11.9. The van der Waals surface area contributed by atoms with Gasteiger partial charge in [-0.2, -0.15) is 5.10 Å². The van der Waals surface area contributed by atoms with E-state index in [4.69, 9.17) is 5.11 Å². The number of hydrogen-bond donors (Lipinski definition) is 2. The topological polar surface area (TPSA) is 61.7 Å². The quantitative estimate of drug-likeness (QED) is 0.342. The van der Waals surface area contributed by atoms with E-state index in [0.717, 1.165) is 6.42 Å². The van der Waals surface area contributed by atoms with Gasteiger partial charge in [-0.1, -0.05) is 6.92 Å². The Balaban J connectivity index is 3.58. The average Bonchev–Trinajstić information content (AvgIpc) is 1.88. The molecule has 0 spiro atoms. The van der Waals surface area contributed by atoms with Crippen LogP contribution in [0.5, 0.6) is 0 Å². The summed E-state index contributed by atoms with van der Waals surface area (Å²) in [6.45, 7) is 4.15. The van der Waals surface area contributed by atoms with Crippen LogP contribution < -0.4 is 5.43 Å². The maximum Gasteiger partial charge on any atom is 0.351 e. The van der Waals surface area contributed by atoms with Gasteiger partial charge in [-0.3, -0.25) is 0 Å². The maximum absolute atomic E-state index is 10.1. The van der Waals surface area contributed by atoms with Gasteiger partial charge in [-0.05, 0) is 13.3 Å². The molecule has 0 radical (unpaired) electrons. The molecular formula is C6H12N2O2. The Morgan fingerprint density at radius 2 is 2.30 bits per heavy atom. The van der Waals surface area contributed by atoms with Crippen molar-refractivity contribution in [3.8, 4) is 0 Å². The zero-order valence-electron chi connectivity index (χ0n) is 6.22. The van der Waals surface area contributed by atoms with Crippen molar-refractivity contribution in [3.63, 3.8) is 0 Å². The molecule has 0 aliphatic heterocycles. The van der Waals surface area contributed by atoms with E-state index >= 15 is 0 Å². The van der Waals surface area contributed by atoms with Crippen LogP contribution in [0.4, 0.5) is 0 Å². The van der Waals surface area contributed by atoms with Gasteiger partial charge in [-0.25, -0.2) is 4.79 Å². The molecule has 0 unspecified atom stereocenters. The highest BCUT2D eigenvalue weighted by molar-refractivity contribution is 6.34. The molecule has 0 aliphatic carbocycles. The second kappa shape index (κ2) is 4.78. The van der Waals surface area contributed by atoms with Crippen molar-refractivity contribution in [3.05, 3.63) is 0 Å². The molecule has 0 amide bonds. The van der Waals surface area contributed by atoms with Crippen LogP contribution in [0.15, 0.2) is 5.10 Å². The van der Waals surface area contributed by atoms with Gasteiger partial charge < -0.3 is 10.5 Å². The van der Waals surface area contributed by atoms with Crippen LogP contribution >= 0.6 is 0 Å². The lowest BCUT2D eigenvalue weighted by Crippen LogP contribution is -2.15. The van der Waals surface area contributed by atoms with Crippen LogP contribution in [-0.4, -0.2) is 23.3 Å². The van der Waals surface area contributed by atoms with Gasteiger partial charge in [0, 0.05) is 6.54 Å². The fourth-order valence-electron chi connectivity index (χ4n) is 0.334. The Morgan fingerprint density at radius 3 is 2.70 bits per heavy atom. The standard InChI is InChI=1S/C6H12N2O2/c1-3-4-7-8-5(2)6(9)10/h7H,3-4H2,1-2H3,(H,9,10)/b8-5-. The number of carboxylic acid groups (broad SMARTS) is 1. The molecule has 0 saturated carbocycles. The average molecular weight is 144 g/mol. The smallest absolute Gasteiger partial charge is 0.351 e. The first-order chi connectivity index (χ1) is 4.68. The van der Waals surface area contributed by atoms with E-state index in [0.29, 0.717) is 6.54 Å². The third kappa shape index (κ3) is 3.88. The van der Waals surface area contributed by atoms with Crippen molar-refractivity contribution in [2.24, 2.45) is 5.10 Å². The molecule has 10 heavy (non-hydrogen) atoms. The van der Waals surface area contributed by atoms with Gasteiger partial charge in [0.15, 0.2) is 0 Å². The molecule has 0 bridgehead atoms. The van der Waals surface area contributed by atoms with Crippen LogP contribution in [0.3, 0.4) is 0 Å². The molecule has 0 aromatic rings. The van der Waals surface area contributed by atoms with Gasteiger partial charge in [0.2, 0.25) is 0 Å². The van der Waals surface area contributed by atoms with Crippen molar-refractivity contribution < 1.29 is 9.90 Å². The second-order valence-electron chi connectivity index (χ2n) is 1.91. The minimum Gasteiger partial charge on any atom is -0.477 e. The van der Waals surface area contributed by atoms with Crippen LogP contribution in [0.1, 0.15) is 20.3 Å². The van der Waals surface area contributed by atoms with Gasteiger partial charge >= 0.3 is 5.97 Å². The zero-order chi connectivity index (χ0) is 7.98. The number of carboxylic acids is 1. The van der Waals surface area contributed by atoms with E-state index in [1.807, 2.05) is 6.92 Å². The molecule has 0 aromatic heterocycles. The van der Waals surface area contributed by atoms with Gasteiger partial charge in [-0.15, -0.1) is 0 Å². The molecule has 0 aliphatic rings. The van der Waals surface area contributed by atoms with Gasteiger partial charge in [0.05, 0.1) is 0 Å². The molecule has 0 heterocycles. The Hall–Kier alpha value is -1.06. The fourth-order valence-corrected chi connectivity index (χ4v) is 0.334. The van der Waals surface area contributed by atoms with E-state index in [1.54, 1.807) is 0 Å². The predicted molar refractivity (Wildman–Crippen MR) is 39.0 cm³/mol. The number of hydrogen-bond acceptors (Lipinski definition) is 3. The molecule has 0 atom stereocenters. The first-order valence-electron chi connectivity index (χ1n) is 3.19. The van der Waals surface area contributed by atoms with E-state index in [9.17, 15) is 4.79 Å². The van der Waals surface area contributed by atoms with Crippen molar-refractivity contribution in [1.29, 1.82) is 0 Å². The SMILES string of the molecule is CCCN/N=C(/C)C(=O)O. The lowest BCUT2D eigenvalue weighted by Gasteiger charge is -1.95. The molecule has 0 rings (SSSR count). The minimum atomic E-state index is -0.983. The number of rotatable bonds is 4.